The van der Waals surface area contributed by atoms with Gasteiger partial charge in [0.15, 0.2) is 5.58 Å². The topological polar surface area (TPSA) is 83.3 Å². The number of fused-ring (bicyclic) bond motifs is 1. The number of aliphatic hydroxyl groups excluding tert-OH is 1. The summed E-state index contributed by atoms with van der Waals surface area (Å²) in [4.78, 5) is 7.79. The Hall–Kier alpha value is -2.51. The first kappa shape index (κ1) is 14.8. The minimum absolute atomic E-state index is 0.210. The first-order valence-corrected chi connectivity index (χ1v) is 8.75. The average molecular weight is 400 g/mol. The number of anilines is 1. The summed E-state index contributed by atoms with van der Waals surface area (Å²) in [6.45, 7) is 1.13. The van der Waals surface area contributed by atoms with E-state index in [1.165, 1.54) is 0 Å². The number of rotatable bonds is 2. The van der Waals surface area contributed by atoms with Crippen molar-refractivity contribution >= 4 is 43.6 Å². The first-order valence-electron chi connectivity index (χ1n) is 7.95. The first-order chi connectivity index (χ1) is 12.2. The van der Waals surface area contributed by atoms with Gasteiger partial charge in [0.25, 0.3) is 0 Å². The van der Waals surface area contributed by atoms with Crippen molar-refractivity contribution in [1.29, 1.82) is 0 Å². The summed E-state index contributed by atoms with van der Waals surface area (Å²) < 4.78 is 12.3. The highest BCUT2D eigenvalue weighted by molar-refractivity contribution is 9.10. The summed E-state index contributed by atoms with van der Waals surface area (Å²) >= 11 is 3.54. The Morgan fingerprint density at radius 2 is 2.16 bits per heavy atom. The number of nitrogens with zero attached hydrogens (tertiary/aromatic N) is 1. The number of hydrogen-bond acceptors (Lipinski definition) is 5. The molecule has 0 radical (unpaired) electrons. The molecule has 25 heavy (non-hydrogen) atoms. The zero-order valence-corrected chi connectivity index (χ0v) is 14.7. The molecule has 0 spiro atoms. The molecule has 6 nitrogen and oxygen atoms in total. The molecule has 3 heterocycles. The fourth-order valence-electron chi connectivity index (χ4n) is 3.30. The van der Waals surface area contributed by atoms with Gasteiger partial charge in [0.05, 0.1) is 22.3 Å². The van der Waals surface area contributed by atoms with Crippen molar-refractivity contribution in [1.82, 2.24) is 9.97 Å². The van der Waals surface area contributed by atoms with E-state index in [0.29, 0.717) is 18.1 Å². The van der Waals surface area contributed by atoms with Gasteiger partial charge in [-0.05, 0) is 30.3 Å². The molecule has 0 saturated heterocycles. The molecule has 2 aromatic carbocycles. The van der Waals surface area contributed by atoms with Gasteiger partial charge in [0, 0.05) is 16.6 Å². The van der Waals surface area contributed by atoms with Crippen molar-refractivity contribution in [2.45, 2.75) is 6.61 Å². The second-order valence-electron chi connectivity index (χ2n) is 5.92. The van der Waals surface area contributed by atoms with E-state index < -0.39 is 0 Å². The zero-order valence-electron chi connectivity index (χ0n) is 13.1. The van der Waals surface area contributed by atoms with Gasteiger partial charge in [-0.2, -0.15) is 0 Å². The molecule has 0 saturated carbocycles. The number of aromatic amines is 1. The molecule has 0 bridgehead atoms. The van der Waals surface area contributed by atoms with Crippen LogP contribution in [0.25, 0.3) is 33.3 Å². The van der Waals surface area contributed by atoms with E-state index >= 15 is 0 Å². The molecule has 4 aromatic rings. The quantitative estimate of drug-likeness (QED) is 0.473. The number of aliphatic hydroxyl groups is 1. The number of oxazole rings is 1. The van der Waals surface area contributed by atoms with Gasteiger partial charge < -0.3 is 24.6 Å². The molecule has 3 N–H and O–H groups in total. The van der Waals surface area contributed by atoms with Crippen LogP contribution in [-0.4, -0.2) is 28.2 Å². The largest absolute Gasteiger partial charge is 0.491 e. The predicted octanol–water partition coefficient (Wildman–Crippen LogP) is 4.04. The van der Waals surface area contributed by atoms with Crippen LogP contribution in [0.4, 0.5) is 5.69 Å². The lowest BCUT2D eigenvalue weighted by Crippen LogP contribution is -2.08. The number of H-pyrrole nitrogens is 1. The molecule has 0 fully saturated rings. The molecule has 0 unspecified atom stereocenters. The number of benzene rings is 2. The SMILES string of the molecule is OCc1nc2cc(-c3[nH]c4cc(Br)cc5c4c3NCCO5)ccc2o1. The highest BCUT2D eigenvalue weighted by atomic mass is 79.9. The third kappa shape index (κ3) is 2.31. The lowest BCUT2D eigenvalue weighted by atomic mass is 10.1. The Balaban J connectivity index is 1.75. The fraction of sp³-hybridized carbons (Fsp3) is 0.167. The third-order valence-electron chi connectivity index (χ3n) is 4.34. The molecule has 1 aliphatic heterocycles. The zero-order chi connectivity index (χ0) is 17.0. The van der Waals surface area contributed by atoms with Gasteiger partial charge >= 0.3 is 0 Å². The maximum Gasteiger partial charge on any atom is 0.221 e. The molecule has 126 valence electrons. The molecule has 0 atom stereocenters. The van der Waals surface area contributed by atoms with Crippen molar-refractivity contribution in [2.75, 3.05) is 18.5 Å². The van der Waals surface area contributed by atoms with Crippen molar-refractivity contribution in [3.8, 4) is 17.0 Å². The number of ether oxygens (including phenoxy) is 1. The summed E-state index contributed by atoms with van der Waals surface area (Å²) in [6, 6.07) is 9.85. The highest BCUT2D eigenvalue weighted by Gasteiger charge is 2.20. The average Bonchev–Trinajstić information content (AvgIpc) is 3.11. The van der Waals surface area contributed by atoms with Crippen molar-refractivity contribution in [3.63, 3.8) is 0 Å². The van der Waals surface area contributed by atoms with Gasteiger partial charge in [-0.3, -0.25) is 0 Å². The molecule has 1 aliphatic rings. The summed E-state index contributed by atoms with van der Waals surface area (Å²) in [5.41, 5.74) is 5.39. The minimum atomic E-state index is -0.210. The maximum absolute atomic E-state index is 9.21. The number of aromatic nitrogens is 2. The molecule has 0 amide bonds. The molecule has 7 heteroatoms. The van der Waals surface area contributed by atoms with E-state index in [1.54, 1.807) is 0 Å². The maximum atomic E-state index is 9.21. The fourth-order valence-corrected chi connectivity index (χ4v) is 3.74. The Kier molecular flexibility index (Phi) is 3.26. The second-order valence-corrected chi connectivity index (χ2v) is 6.84. The predicted molar refractivity (Wildman–Crippen MR) is 98.9 cm³/mol. The molecule has 2 aromatic heterocycles. The molecular weight excluding hydrogens is 386 g/mol. The van der Waals surface area contributed by atoms with Crippen molar-refractivity contribution < 1.29 is 14.3 Å². The van der Waals surface area contributed by atoms with Gasteiger partial charge in [0.2, 0.25) is 5.89 Å². The van der Waals surface area contributed by atoms with Crippen LogP contribution in [0.15, 0.2) is 39.2 Å². The summed E-state index contributed by atoms with van der Waals surface area (Å²) in [5.74, 6) is 1.18. The van der Waals surface area contributed by atoms with Crippen LogP contribution in [0.5, 0.6) is 5.75 Å². The molecular formula is C18H14BrN3O3. The van der Waals surface area contributed by atoms with Crippen LogP contribution in [0, 0.1) is 0 Å². The number of hydrogen-bond donors (Lipinski definition) is 3. The van der Waals surface area contributed by atoms with E-state index in [4.69, 9.17) is 9.15 Å². The minimum Gasteiger partial charge on any atom is -0.491 e. The van der Waals surface area contributed by atoms with Crippen molar-refractivity contribution in [3.05, 3.63) is 40.7 Å². The van der Waals surface area contributed by atoms with Crippen molar-refractivity contribution in [2.24, 2.45) is 0 Å². The Bertz CT molecular complexity index is 1120. The second kappa shape index (κ2) is 5.50. The number of halogens is 1. The summed E-state index contributed by atoms with van der Waals surface area (Å²) in [5, 5.41) is 13.7. The van der Waals surface area contributed by atoms with Crippen LogP contribution in [0.1, 0.15) is 5.89 Å². The summed E-state index contributed by atoms with van der Waals surface area (Å²) in [7, 11) is 0. The summed E-state index contributed by atoms with van der Waals surface area (Å²) in [6.07, 6.45) is 0. The van der Waals surface area contributed by atoms with Gasteiger partial charge in [-0.25, -0.2) is 4.98 Å². The van der Waals surface area contributed by atoms with E-state index in [0.717, 1.165) is 50.1 Å². The Labute approximate surface area is 150 Å². The van der Waals surface area contributed by atoms with Crippen LogP contribution >= 0.6 is 15.9 Å². The smallest absolute Gasteiger partial charge is 0.221 e. The third-order valence-corrected chi connectivity index (χ3v) is 4.80. The number of nitrogens with one attached hydrogen (secondary N) is 2. The highest BCUT2D eigenvalue weighted by Crippen LogP contribution is 2.43. The van der Waals surface area contributed by atoms with Gasteiger partial charge in [-0.15, -0.1) is 0 Å². The van der Waals surface area contributed by atoms with E-state index in [9.17, 15) is 5.11 Å². The van der Waals surface area contributed by atoms with Crippen LogP contribution < -0.4 is 10.1 Å². The lowest BCUT2D eigenvalue weighted by molar-refractivity contribution is 0.244. The monoisotopic (exact) mass is 399 g/mol. The van der Waals surface area contributed by atoms with E-state index in [1.807, 2.05) is 30.3 Å². The Morgan fingerprint density at radius 3 is 3.04 bits per heavy atom. The van der Waals surface area contributed by atoms with Crippen LogP contribution in [0.2, 0.25) is 0 Å². The lowest BCUT2D eigenvalue weighted by Gasteiger charge is -2.05. The van der Waals surface area contributed by atoms with E-state index in [-0.39, 0.29) is 6.61 Å². The van der Waals surface area contributed by atoms with E-state index in [2.05, 4.69) is 31.2 Å². The molecule has 0 aliphatic carbocycles. The van der Waals surface area contributed by atoms with Gasteiger partial charge in [-0.1, -0.05) is 15.9 Å². The molecule has 5 rings (SSSR count). The normalized spacial score (nSPS) is 13.7. The van der Waals surface area contributed by atoms with Crippen LogP contribution in [0.3, 0.4) is 0 Å². The standard InChI is InChI=1S/C18H14BrN3O3/c19-10-6-12-16-14(7-10)24-4-3-20-18(16)17(22-12)9-1-2-13-11(5-9)21-15(8-23)25-13/h1-2,5-7,20,22-23H,3-4,8H2. The van der Waals surface area contributed by atoms with Crippen LogP contribution in [-0.2, 0) is 6.61 Å². The van der Waals surface area contributed by atoms with Gasteiger partial charge in [0.1, 0.15) is 24.5 Å². The Morgan fingerprint density at radius 1 is 1.24 bits per heavy atom.